The molecule has 0 aliphatic rings. The maximum Gasteiger partial charge on any atom is 0.257 e. The van der Waals surface area contributed by atoms with Crippen molar-refractivity contribution in [2.24, 2.45) is 0 Å². The molecule has 7 heteroatoms. The number of unbranched alkanes of at least 4 members (excludes halogenated alkanes) is 1. The van der Waals surface area contributed by atoms with Crippen LogP contribution in [0.15, 0.2) is 30.6 Å². The van der Waals surface area contributed by atoms with E-state index in [1.807, 2.05) is 13.1 Å². The van der Waals surface area contributed by atoms with Crippen LogP contribution in [0.5, 0.6) is 17.2 Å². The molecule has 0 aliphatic carbocycles. The first-order valence-electron chi connectivity index (χ1n) is 8.81. The summed E-state index contributed by atoms with van der Waals surface area (Å²) in [6.45, 7) is 3.06. The van der Waals surface area contributed by atoms with Gasteiger partial charge in [-0.05, 0) is 12.5 Å². The summed E-state index contributed by atoms with van der Waals surface area (Å²) in [5.41, 5.74) is 1.92. The fraction of sp³-hybridized carbons (Fsp3) is 0.400. The molecule has 1 N–H and O–H groups in total. The van der Waals surface area contributed by atoms with E-state index < -0.39 is 0 Å². The van der Waals surface area contributed by atoms with E-state index in [0.717, 1.165) is 25.1 Å². The van der Waals surface area contributed by atoms with E-state index in [4.69, 9.17) is 14.2 Å². The van der Waals surface area contributed by atoms with Crippen molar-refractivity contribution in [1.29, 1.82) is 0 Å². The van der Waals surface area contributed by atoms with Gasteiger partial charge < -0.3 is 24.4 Å². The summed E-state index contributed by atoms with van der Waals surface area (Å²) in [7, 11) is 6.59. The van der Waals surface area contributed by atoms with Gasteiger partial charge in [-0.3, -0.25) is 9.78 Å². The van der Waals surface area contributed by atoms with Crippen LogP contribution < -0.4 is 24.4 Å². The molecule has 0 aliphatic heterocycles. The van der Waals surface area contributed by atoms with E-state index >= 15 is 0 Å². The van der Waals surface area contributed by atoms with Gasteiger partial charge in [-0.25, -0.2) is 0 Å². The van der Waals surface area contributed by atoms with Crippen molar-refractivity contribution in [3.63, 3.8) is 0 Å². The number of rotatable bonds is 9. The van der Waals surface area contributed by atoms with Crippen molar-refractivity contribution in [3.05, 3.63) is 36.2 Å². The smallest absolute Gasteiger partial charge is 0.257 e. The van der Waals surface area contributed by atoms with Crippen LogP contribution in [-0.2, 0) is 0 Å². The largest absolute Gasteiger partial charge is 0.493 e. The Morgan fingerprint density at radius 2 is 1.74 bits per heavy atom. The molecule has 0 saturated heterocycles. The molecule has 1 aromatic heterocycles. The standard InChI is InChI=1S/C20H27N3O4/c1-6-7-8-23(2)16-9-14(12-21-13-16)20(24)22-15-10-17(25-3)19(27-5)18(11-15)26-4/h9-13H,6-8H2,1-5H3,(H,22,24). The van der Waals surface area contributed by atoms with Crippen molar-refractivity contribution in [3.8, 4) is 17.2 Å². The molecule has 146 valence electrons. The summed E-state index contributed by atoms with van der Waals surface area (Å²) in [4.78, 5) is 19.0. The fourth-order valence-corrected chi connectivity index (χ4v) is 2.64. The zero-order valence-electron chi connectivity index (χ0n) is 16.5. The number of carbonyl (C=O) groups excluding carboxylic acids is 1. The number of anilines is 2. The van der Waals surface area contributed by atoms with Crippen LogP contribution in [-0.4, -0.2) is 45.8 Å². The number of aromatic nitrogens is 1. The lowest BCUT2D eigenvalue weighted by Gasteiger charge is -2.19. The second-order valence-electron chi connectivity index (χ2n) is 6.08. The van der Waals surface area contributed by atoms with Crippen LogP contribution in [0.3, 0.4) is 0 Å². The highest BCUT2D eigenvalue weighted by Gasteiger charge is 2.16. The molecule has 1 amide bonds. The Hall–Kier alpha value is -2.96. The van der Waals surface area contributed by atoms with E-state index in [2.05, 4.69) is 22.1 Å². The Balaban J connectivity index is 2.22. The number of nitrogens with zero attached hydrogens (tertiary/aromatic N) is 2. The highest BCUT2D eigenvalue weighted by Crippen LogP contribution is 2.40. The lowest BCUT2D eigenvalue weighted by Crippen LogP contribution is -2.20. The van der Waals surface area contributed by atoms with Crippen molar-refractivity contribution < 1.29 is 19.0 Å². The Morgan fingerprint density at radius 3 is 2.30 bits per heavy atom. The minimum atomic E-state index is -0.262. The molecule has 2 aromatic rings. The molecule has 0 unspecified atom stereocenters. The molecule has 27 heavy (non-hydrogen) atoms. The van der Waals surface area contributed by atoms with Gasteiger partial charge in [0, 0.05) is 37.6 Å². The lowest BCUT2D eigenvalue weighted by atomic mass is 10.2. The summed E-state index contributed by atoms with van der Waals surface area (Å²) in [6.07, 6.45) is 5.49. The highest BCUT2D eigenvalue weighted by atomic mass is 16.5. The number of methoxy groups -OCH3 is 3. The van der Waals surface area contributed by atoms with Crippen molar-refractivity contribution in [2.75, 3.05) is 45.1 Å². The number of pyridine rings is 1. The van der Waals surface area contributed by atoms with E-state index in [0.29, 0.717) is 28.5 Å². The Kier molecular flexibility index (Phi) is 7.28. The average molecular weight is 373 g/mol. The number of ether oxygens (including phenoxy) is 3. The SMILES string of the molecule is CCCCN(C)c1cncc(C(=O)Nc2cc(OC)c(OC)c(OC)c2)c1. The quantitative estimate of drug-likeness (QED) is 0.724. The number of hydrogen-bond donors (Lipinski definition) is 1. The van der Waals surface area contributed by atoms with Gasteiger partial charge in [-0.2, -0.15) is 0 Å². The summed E-state index contributed by atoms with van der Waals surface area (Å²) < 4.78 is 15.9. The molecular formula is C20H27N3O4. The molecule has 1 aromatic carbocycles. The normalized spacial score (nSPS) is 10.3. The zero-order chi connectivity index (χ0) is 19.8. The first kappa shape index (κ1) is 20.4. The van der Waals surface area contributed by atoms with Gasteiger partial charge in [0.2, 0.25) is 5.75 Å². The number of nitrogens with one attached hydrogen (secondary N) is 1. The van der Waals surface area contributed by atoms with E-state index in [1.54, 1.807) is 24.5 Å². The number of benzene rings is 1. The van der Waals surface area contributed by atoms with Crippen LogP contribution in [0.25, 0.3) is 0 Å². The van der Waals surface area contributed by atoms with Crippen LogP contribution in [0.2, 0.25) is 0 Å². The Labute approximate surface area is 160 Å². The van der Waals surface area contributed by atoms with Gasteiger partial charge in [0.15, 0.2) is 11.5 Å². The lowest BCUT2D eigenvalue weighted by molar-refractivity contribution is 0.102. The molecule has 0 spiro atoms. The predicted molar refractivity (Wildman–Crippen MR) is 106 cm³/mol. The molecule has 7 nitrogen and oxygen atoms in total. The molecular weight excluding hydrogens is 346 g/mol. The molecule has 0 bridgehead atoms. The van der Waals surface area contributed by atoms with E-state index in [-0.39, 0.29) is 5.91 Å². The number of hydrogen-bond acceptors (Lipinski definition) is 6. The van der Waals surface area contributed by atoms with Gasteiger partial charge in [0.05, 0.1) is 38.8 Å². The van der Waals surface area contributed by atoms with Gasteiger partial charge in [-0.15, -0.1) is 0 Å². The van der Waals surface area contributed by atoms with Crippen LogP contribution in [0.4, 0.5) is 11.4 Å². The summed E-state index contributed by atoms with van der Waals surface area (Å²) in [5, 5.41) is 2.86. The average Bonchev–Trinajstić information content (AvgIpc) is 2.71. The Morgan fingerprint density at radius 1 is 1.07 bits per heavy atom. The molecule has 1 heterocycles. The van der Waals surface area contributed by atoms with Crippen molar-refractivity contribution >= 4 is 17.3 Å². The van der Waals surface area contributed by atoms with Crippen molar-refractivity contribution in [1.82, 2.24) is 4.98 Å². The molecule has 2 rings (SSSR count). The van der Waals surface area contributed by atoms with E-state index in [9.17, 15) is 4.79 Å². The van der Waals surface area contributed by atoms with Gasteiger partial charge in [0.25, 0.3) is 5.91 Å². The molecule has 0 saturated carbocycles. The summed E-state index contributed by atoms with van der Waals surface area (Å²) in [5.74, 6) is 1.15. The maximum atomic E-state index is 12.7. The second-order valence-corrected chi connectivity index (χ2v) is 6.08. The topological polar surface area (TPSA) is 72.9 Å². The van der Waals surface area contributed by atoms with Gasteiger partial charge in [-0.1, -0.05) is 13.3 Å². The van der Waals surface area contributed by atoms with Crippen LogP contribution in [0, 0.1) is 0 Å². The maximum absolute atomic E-state index is 12.7. The minimum absolute atomic E-state index is 0.262. The first-order valence-corrected chi connectivity index (χ1v) is 8.81. The summed E-state index contributed by atoms with van der Waals surface area (Å²) in [6, 6.07) is 5.20. The Bertz CT molecular complexity index is 755. The van der Waals surface area contributed by atoms with Crippen LogP contribution in [0.1, 0.15) is 30.1 Å². The fourth-order valence-electron chi connectivity index (χ4n) is 2.64. The highest BCUT2D eigenvalue weighted by molar-refractivity contribution is 6.04. The van der Waals surface area contributed by atoms with Crippen LogP contribution >= 0.6 is 0 Å². The second kappa shape index (κ2) is 9.66. The summed E-state index contributed by atoms with van der Waals surface area (Å²) >= 11 is 0. The van der Waals surface area contributed by atoms with Gasteiger partial charge >= 0.3 is 0 Å². The van der Waals surface area contributed by atoms with E-state index in [1.165, 1.54) is 21.3 Å². The monoisotopic (exact) mass is 373 g/mol. The zero-order valence-corrected chi connectivity index (χ0v) is 16.5. The molecule has 0 fully saturated rings. The third-order valence-electron chi connectivity index (χ3n) is 4.20. The first-order chi connectivity index (χ1) is 13.0. The number of amides is 1. The molecule has 0 atom stereocenters. The van der Waals surface area contributed by atoms with Crippen molar-refractivity contribution in [2.45, 2.75) is 19.8 Å². The minimum Gasteiger partial charge on any atom is -0.493 e. The predicted octanol–water partition coefficient (Wildman–Crippen LogP) is 3.60. The third-order valence-corrected chi connectivity index (χ3v) is 4.20. The molecule has 0 radical (unpaired) electrons. The third kappa shape index (κ3) is 5.03. The number of carbonyl (C=O) groups is 1. The van der Waals surface area contributed by atoms with Gasteiger partial charge in [0.1, 0.15) is 0 Å².